The van der Waals surface area contributed by atoms with Crippen LogP contribution in [0.3, 0.4) is 0 Å². The number of carbonyl (C=O) groups excluding carboxylic acids is 1. The van der Waals surface area contributed by atoms with Gasteiger partial charge in [0, 0.05) is 19.5 Å². The molecule has 1 amide bonds. The van der Waals surface area contributed by atoms with Crippen LogP contribution in [-0.4, -0.2) is 33.5 Å². The fourth-order valence-electron chi connectivity index (χ4n) is 2.38. The summed E-state index contributed by atoms with van der Waals surface area (Å²) in [5.74, 6) is 0.662. The van der Waals surface area contributed by atoms with Crippen LogP contribution in [0.2, 0.25) is 0 Å². The fourth-order valence-corrected chi connectivity index (χ4v) is 2.38. The molecule has 2 N–H and O–H groups in total. The Morgan fingerprint density at radius 2 is 2.47 bits per heavy atom. The molecule has 1 unspecified atom stereocenters. The summed E-state index contributed by atoms with van der Waals surface area (Å²) >= 11 is 0. The first-order valence-corrected chi connectivity index (χ1v) is 6.41. The van der Waals surface area contributed by atoms with Crippen LogP contribution in [0.25, 0.3) is 0 Å². The minimum Gasteiger partial charge on any atom is -0.379 e. The number of aryl methyl sites for hydroxylation is 1. The van der Waals surface area contributed by atoms with E-state index in [1.807, 2.05) is 11.6 Å². The van der Waals surface area contributed by atoms with Gasteiger partial charge >= 0.3 is 0 Å². The lowest BCUT2D eigenvalue weighted by Crippen LogP contribution is -2.40. The van der Waals surface area contributed by atoms with E-state index in [0.29, 0.717) is 12.1 Å². The van der Waals surface area contributed by atoms with Crippen molar-refractivity contribution >= 4 is 23.1 Å². The lowest BCUT2D eigenvalue weighted by Gasteiger charge is -2.21. The van der Waals surface area contributed by atoms with Crippen LogP contribution in [0.5, 0.6) is 0 Å². The predicted octanol–water partition coefficient (Wildman–Crippen LogP) is 1.19. The summed E-state index contributed by atoms with van der Waals surface area (Å²) in [5.41, 5.74) is 0.597. The van der Waals surface area contributed by atoms with Crippen molar-refractivity contribution < 1.29 is 9.63 Å². The van der Waals surface area contributed by atoms with Crippen LogP contribution in [0.15, 0.2) is 11.4 Å². The number of carbonyl (C=O) groups is 1. The van der Waals surface area contributed by atoms with Gasteiger partial charge in [0.1, 0.15) is 11.5 Å². The lowest BCUT2D eigenvalue weighted by atomic mass is 9.99. The molecule has 1 aromatic rings. The average Bonchev–Trinajstić information content (AvgIpc) is 2.95. The van der Waals surface area contributed by atoms with Gasteiger partial charge in [-0.1, -0.05) is 5.16 Å². The number of rotatable bonds is 2. The second-order valence-corrected chi connectivity index (χ2v) is 5.19. The molecular weight excluding hydrogens is 246 g/mol. The van der Waals surface area contributed by atoms with E-state index in [1.54, 1.807) is 13.1 Å². The first kappa shape index (κ1) is 12.0. The molecule has 0 aromatic carbocycles. The van der Waals surface area contributed by atoms with Gasteiger partial charge in [-0.3, -0.25) is 4.79 Å². The summed E-state index contributed by atoms with van der Waals surface area (Å²) in [6.45, 7) is 5.35. The molecule has 0 saturated heterocycles. The maximum Gasteiger partial charge on any atom is 0.271 e. The molecule has 0 spiro atoms. The third-order valence-electron chi connectivity index (χ3n) is 3.40. The van der Waals surface area contributed by atoms with Crippen LogP contribution in [0, 0.1) is 0 Å². The molecule has 0 aliphatic carbocycles. The molecule has 7 nitrogen and oxygen atoms in total. The normalized spacial score (nSPS) is 25.1. The van der Waals surface area contributed by atoms with E-state index >= 15 is 0 Å². The Morgan fingerprint density at radius 1 is 1.63 bits per heavy atom. The van der Waals surface area contributed by atoms with E-state index < -0.39 is 5.60 Å². The van der Waals surface area contributed by atoms with E-state index in [9.17, 15) is 4.79 Å². The van der Waals surface area contributed by atoms with Crippen molar-refractivity contribution in [3.05, 3.63) is 6.20 Å². The molecule has 2 aliphatic rings. The lowest BCUT2D eigenvalue weighted by molar-refractivity contribution is -0.135. The number of anilines is 2. The molecule has 0 fully saturated rings. The first-order valence-electron chi connectivity index (χ1n) is 6.41. The highest BCUT2D eigenvalue weighted by Gasteiger charge is 2.41. The molecule has 0 saturated carbocycles. The smallest absolute Gasteiger partial charge is 0.271 e. The Kier molecular flexibility index (Phi) is 2.69. The van der Waals surface area contributed by atoms with Gasteiger partial charge in [-0.15, -0.1) is 0 Å². The van der Waals surface area contributed by atoms with Crippen LogP contribution in [0.4, 0.5) is 11.5 Å². The minimum atomic E-state index is -0.923. The van der Waals surface area contributed by atoms with E-state index in [4.69, 9.17) is 4.84 Å². The molecule has 0 bridgehead atoms. The van der Waals surface area contributed by atoms with Crippen molar-refractivity contribution in [1.82, 2.24) is 9.78 Å². The standard InChI is InChI=1S/C12H17N5O2/c1-8-6-12(2,19-16-8)11(18)15-9-7-14-17-5-3-4-13-10(9)17/h7,13H,3-6H2,1-2H3,(H,15,18). The molecule has 7 heteroatoms. The number of aromatic nitrogens is 2. The summed E-state index contributed by atoms with van der Waals surface area (Å²) < 4.78 is 1.86. The fraction of sp³-hybridized carbons (Fsp3) is 0.583. The van der Waals surface area contributed by atoms with Crippen molar-refractivity contribution in [2.75, 3.05) is 17.2 Å². The summed E-state index contributed by atoms with van der Waals surface area (Å²) in [6, 6.07) is 0. The van der Waals surface area contributed by atoms with Gasteiger partial charge in [0.25, 0.3) is 5.91 Å². The van der Waals surface area contributed by atoms with Gasteiger partial charge in [-0.25, -0.2) is 4.68 Å². The monoisotopic (exact) mass is 263 g/mol. The van der Waals surface area contributed by atoms with E-state index in [0.717, 1.165) is 31.0 Å². The predicted molar refractivity (Wildman–Crippen MR) is 71.2 cm³/mol. The zero-order valence-electron chi connectivity index (χ0n) is 11.1. The Labute approximate surface area is 111 Å². The van der Waals surface area contributed by atoms with Gasteiger partial charge in [-0.05, 0) is 20.3 Å². The van der Waals surface area contributed by atoms with Gasteiger partial charge in [-0.2, -0.15) is 5.10 Å². The highest BCUT2D eigenvalue weighted by atomic mass is 16.7. The van der Waals surface area contributed by atoms with Crippen LogP contribution in [0.1, 0.15) is 26.7 Å². The molecule has 102 valence electrons. The summed E-state index contributed by atoms with van der Waals surface area (Å²) in [4.78, 5) is 17.5. The summed E-state index contributed by atoms with van der Waals surface area (Å²) in [5, 5.41) is 14.2. The van der Waals surface area contributed by atoms with Crippen molar-refractivity contribution in [3.63, 3.8) is 0 Å². The van der Waals surface area contributed by atoms with Gasteiger partial charge < -0.3 is 15.5 Å². The van der Waals surface area contributed by atoms with Crippen molar-refractivity contribution in [3.8, 4) is 0 Å². The van der Waals surface area contributed by atoms with Crippen molar-refractivity contribution in [1.29, 1.82) is 0 Å². The largest absolute Gasteiger partial charge is 0.379 e. The highest BCUT2D eigenvalue weighted by Crippen LogP contribution is 2.28. The van der Waals surface area contributed by atoms with Crippen LogP contribution < -0.4 is 10.6 Å². The molecule has 3 heterocycles. The zero-order chi connectivity index (χ0) is 13.5. The van der Waals surface area contributed by atoms with E-state index in [1.165, 1.54) is 0 Å². The third kappa shape index (κ3) is 2.05. The van der Waals surface area contributed by atoms with Crippen LogP contribution >= 0.6 is 0 Å². The zero-order valence-corrected chi connectivity index (χ0v) is 11.1. The molecule has 3 rings (SSSR count). The number of oxime groups is 1. The number of hydrogen-bond donors (Lipinski definition) is 2. The maximum atomic E-state index is 12.3. The topological polar surface area (TPSA) is 80.5 Å². The Bertz CT molecular complexity index is 550. The summed E-state index contributed by atoms with van der Waals surface area (Å²) in [7, 11) is 0. The third-order valence-corrected chi connectivity index (χ3v) is 3.40. The van der Waals surface area contributed by atoms with Gasteiger partial charge in [0.2, 0.25) is 5.60 Å². The average molecular weight is 263 g/mol. The Hall–Kier alpha value is -2.05. The Balaban J connectivity index is 1.75. The molecular formula is C12H17N5O2. The molecule has 0 radical (unpaired) electrons. The number of amides is 1. The van der Waals surface area contributed by atoms with Crippen LogP contribution in [-0.2, 0) is 16.2 Å². The van der Waals surface area contributed by atoms with Gasteiger partial charge in [0.15, 0.2) is 0 Å². The first-order chi connectivity index (χ1) is 9.08. The highest BCUT2D eigenvalue weighted by molar-refractivity contribution is 6.02. The minimum absolute atomic E-state index is 0.198. The molecule has 1 aromatic heterocycles. The molecule has 19 heavy (non-hydrogen) atoms. The second-order valence-electron chi connectivity index (χ2n) is 5.19. The second kappa shape index (κ2) is 4.25. The van der Waals surface area contributed by atoms with E-state index in [2.05, 4.69) is 20.9 Å². The Morgan fingerprint density at radius 3 is 3.21 bits per heavy atom. The maximum absolute atomic E-state index is 12.3. The summed E-state index contributed by atoms with van der Waals surface area (Å²) in [6.07, 6.45) is 3.21. The van der Waals surface area contributed by atoms with E-state index in [-0.39, 0.29) is 5.91 Å². The number of nitrogens with one attached hydrogen (secondary N) is 2. The number of hydrogen-bond acceptors (Lipinski definition) is 5. The molecule has 1 atom stereocenters. The van der Waals surface area contributed by atoms with Crippen molar-refractivity contribution in [2.24, 2.45) is 5.16 Å². The molecule has 2 aliphatic heterocycles. The number of nitrogens with zero attached hydrogens (tertiary/aromatic N) is 3. The SMILES string of the molecule is CC1=NOC(C)(C(=O)Nc2cnn3c2NCCC3)C1. The van der Waals surface area contributed by atoms with Gasteiger partial charge in [0.05, 0.1) is 11.9 Å². The number of fused-ring (bicyclic) bond motifs is 1. The van der Waals surface area contributed by atoms with Crippen molar-refractivity contribution in [2.45, 2.75) is 38.8 Å². The quantitative estimate of drug-likeness (QED) is 0.840.